The molecule has 5 heteroatoms. The average Bonchev–Trinajstić information content (AvgIpc) is 2.70. The first kappa shape index (κ1) is 16.3. The zero-order chi connectivity index (χ0) is 16.3. The van der Waals surface area contributed by atoms with Gasteiger partial charge in [-0.15, -0.1) is 0 Å². The van der Waals surface area contributed by atoms with Crippen molar-refractivity contribution >= 4 is 11.8 Å². The first-order chi connectivity index (χ1) is 10.3. The topological polar surface area (TPSA) is 60.9 Å². The van der Waals surface area contributed by atoms with Crippen LogP contribution in [0.1, 0.15) is 37.6 Å². The van der Waals surface area contributed by atoms with Crippen LogP contribution in [0.2, 0.25) is 0 Å². The highest BCUT2D eigenvalue weighted by atomic mass is 16.3. The second-order valence-corrected chi connectivity index (χ2v) is 6.74. The number of rotatable bonds is 1. The highest BCUT2D eigenvalue weighted by Gasteiger charge is 2.29. The normalized spacial score (nSPS) is 16.3. The molecule has 120 valence electrons. The van der Waals surface area contributed by atoms with Gasteiger partial charge in [0.15, 0.2) is 0 Å². The minimum atomic E-state index is -0.398. The predicted octanol–water partition coefficient (Wildman–Crippen LogP) is 2.11. The molecule has 1 N–H and O–H groups in total. The van der Waals surface area contributed by atoms with E-state index < -0.39 is 5.41 Å². The average molecular weight is 304 g/mol. The lowest BCUT2D eigenvalue weighted by Crippen LogP contribution is -2.42. The van der Waals surface area contributed by atoms with Gasteiger partial charge in [0.2, 0.25) is 5.91 Å². The van der Waals surface area contributed by atoms with Crippen LogP contribution >= 0.6 is 0 Å². The van der Waals surface area contributed by atoms with Gasteiger partial charge in [0, 0.05) is 37.2 Å². The Kier molecular flexibility index (Phi) is 4.74. The summed E-state index contributed by atoms with van der Waals surface area (Å²) in [5.41, 5.74) is 0.0836. The van der Waals surface area contributed by atoms with E-state index in [1.807, 2.05) is 25.7 Å². The van der Waals surface area contributed by atoms with E-state index in [0.29, 0.717) is 31.7 Å². The highest BCUT2D eigenvalue weighted by Crippen LogP contribution is 2.19. The van der Waals surface area contributed by atoms with Crippen molar-refractivity contribution in [3.8, 4) is 5.75 Å². The lowest BCUT2D eigenvalue weighted by Gasteiger charge is -2.28. The molecular weight excluding hydrogens is 280 g/mol. The smallest absolute Gasteiger partial charge is 0.254 e. The molecule has 0 saturated carbocycles. The first-order valence-electron chi connectivity index (χ1n) is 7.67. The summed E-state index contributed by atoms with van der Waals surface area (Å²) in [5.74, 6) is 0.116. The molecule has 2 amide bonds. The number of carbonyl (C=O) groups excluding carboxylic acids is 2. The predicted molar refractivity (Wildman–Crippen MR) is 84.7 cm³/mol. The van der Waals surface area contributed by atoms with E-state index in [1.54, 1.807) is 23.1 Å². The standard InChI is InChI=1S/C17H24N2O3/c1-17(2,3)16(22)19-9-5-8-18(10-11-19)15(21)13-6-4-7-14(20)12-13/h4,6-7,12,20H,5,8-11H2,1-3H3. The van der Waals surface area contributed by atoms with Crippen LogP contribution < -0.4 is 0 Å². The van der Waals surface area contributed by atoms with Crippen molar-refractivity contribution in [1.82, 2.24) is 9.80 Å². The SMILES string of the molecule is CC(C)(C)C(=O)N1CCCN(C(=O)c2cccc(O)c2)CC1. The molecular formula is C17H24N2O3. The number of benzene rings is 1. The summed E-state index contributed by atoms with van der Waals surface area (Å²) in [4.78, 5) is 28.4. The summed E-state index contributed by atoms with van der Waals surface area (Å²) in [7, 11) is 0. The molecule has 1 aliphatic heterocycles. The number of carbonyl (C=O) groups is 2. The Morgan fingerprint density at radius 1 is 1.05 bits per heavy atom. The summed E-state index contributed by atoms with van der Waals surface area (Å²) < 4.78 is 0. The van der Waals surface area contributed by atoms with Crippen LogP contribution in [0.15, 0.2) is 24.3 Å². The van der Waals surface area contributed by atoms with Crippen LogP contribution in [0.25, 0.3) is 0 Å². The molecule has 1 aromatic carbocycles. The second kappa shape index (κ2) is 6.38. The number of amides is 2. The number of phenols is 1. The van der Waals surface area contributed by atoms with Gasteiger partial charge < -0.3 is 14.9 Å². The van der Waals surface area contributed by atoms with Crippen molar-refractivity contribution in [2.45, 2.75) is 27.2 Å². The Morgan fingerprint density at radius 2 is 1.68 bits per heavy atom. The summed E-state index contributed by atoms with van der Waals surface area (Å²) in [6.07, 6.45) is 0.770. The molecule has 22 heavy (non-hydrogen) atoms. The Labute approximate surface area is 131 Å². The highest BCUT2D eigenvalue weighted by molar-refractivity contribution is 5.94. The van der Waals surface area contributed by atoms with Crippen molar-refractivity contribution in [3.63, 3.8) is 0 Å². The lowest BCUT2D eigenvalue weighted by molar-refractivity contribution is -0.139. The van der Waals surface area contributed by atoms with E-state index in [-0.39, 0.29) is 17.6 Å². The molecule has 1 fully saturated rings. The zero-order valence-electron chi connectivity index (χ0n) is 13.5. The van der Waals surface area contributed by atoms with E-state index >= 15 is 0 Å². The van der Waals surface area contributed by atoms with Gasteiger partial charge in [0.1, 0.15) is 5.75 Å². The molecule has 1 aromatic rings. The van der Waals surface area contributed by atoms with Crippen LogP contribution in [-0.2, 0) is 4.79 Å². The Bertz CT molecular complexity index is 563. The Hall–Kier alpha value is -2.04. The summed E-state index contributed by atoms with van der Waals surface area (Å²) in [5, 5.41) is 9.50. The molecule has 0 spiro atoms. The molecule has 1 saturated heterocycles. The molecule has 1 heterocycles. The largest absolute Gasteiger partial charge is 0.508 e. The van der Waals surface area contributed by atoms with Gasteiger partial charge in [-0.3, -0.25) is 9.59 Å². The molecule has 1 aliphatic rings. The molecule has 2 rings (SSSR count). The molecule has 0 unspecified atom stereocenters. The maximum absolute atomic E-state index is 12.5. The van der Waals surface area contributed by atoms with Crippen molar-refractivity contribution in [2.24, 2.45) is 5.41 Å². The second-order valence-electron chi connectivity index (χ2n) is 6.74. The van der Waals surface area contributed by atoms with Crippen LogP contribution in [0, 0.1) is 5.41 Å². The molecule has 0 aromatic heterocycles. The van der Waals surface area contributed by atoms with Crippen molar-refractivity contribution in [1.29, 1.82) is 0 Å². The van der Waals surface area contributed by atoms with Gasteiger partial charge in [-0.1, -0.05) is 26.8 Å². The van der Waals surface area contributed by atoms with Crippen LogP contribution in [-0.4, -0.2) is 52.9 Å². The molecule has 0 bridgehead atoms. The third-order valence-corrected chi connectivity index (χ3v) is 3.81. The number of phenolic OH excluding ortho intramolecular Hbond substituents is 1. The summed E-state index contributed by atoms with van der Waals surface area (Å²) >= 11 is 0. The van der Waals surface area contributed by atoms with E-state index in [4.69, 9.17) is 0 Å². The molecule has 0 atom stereocenters. The summed E-state index contributed by atoms with van der Waals surface area (Å²) in [6.45, 7) is 8.13. The fourth-order valence-electron chi connectivity index (χ4n) is 2.62. The van der Waals surface area contributed by atoms with E-state index in [2.05, 4.69) is 0 Å². The van der Waals surface area contributed by atoms with E-state index in [9.17, 15) is 14.7 Å². The van der Waals surface area contributed by atoms with Crippen molar-refractivity contribution in [3.05, 3.63) is 29.8 Å². The van der Waals surface area contributed by atoms with Gasteiger partial charge in [0.25, 0.3) is 5.91 Å². The van der Waals surface area contributed by atoms with Crippen molar-refractivity contribution in [2.75, 3.05) is 26.2 Å². The van der Waals surface area contributed by atoms with Gasteiger partial charge in [-0.05, 0) is 24.6 Å². The Morgan fingerprint density at radius 3 is 2.32 bits per heavy atom. The van der Waals surface area contributed by atoms with Gasteiger partial charge in [-0.2, -0.15) is 0 Å². The number of aromatic hydroxyl groups is 1. The van der Waals surface area contributed by atoms with Gasteiger partial charge >= 0.3 is 0 Å². The maximum Gasteiger partial charge on any atom is 0.254 e. The van der Waals surface area contributed by atoms with Crippen LogP contribution in [0.5, 0.6) is 5.75 Å². The minimum Gasteiger partial charge on any atom is -0.508 e. The fourth-order valence-corrected chi connectivity index (χ4v) is 2.62. The molecule has 0 radical (unpaired) electrons. The van der Waals surface area contributed by atoms with Crippen LogP contribution in [0.4, 0.5) is 0 Å². The number of hydrogen-bond acceptors (Lipinski definition) is 3. The molecule has 5 nitrogen and oxygen atoms in total. The van der Waals surface area contributed by atoms with Gasteiger partial charge in [0.05, 0.1) is 0 Å². The van der Waals surface area contributed by atoms with E-state index in [1.165, 1.54) is 6.07 Å². The van der Waals surface area contributed by atoms with Gasteiger partial charge in [-0.25, -0.2) is 0 Å². The maximum atomic E-state index is 12.5. The number of nitrogens with zero attached hydrogens (tertiary/aromatic N) is 2. The van der Waals surface area contributed by atoms with E-state index in [0.717, 1.165) is 6.42 Å². The Balaban J connectivity index is 2.04. The van der Waals surface area contributed by atoms with Crippen LogP contribution in [0.3, 0.4) is 0 Å². The third kappa shape index (κ3) is 3.78. The monoisotopic (exact) mass is 304 g/mol. The third-order valence-electron chi connectivity index (χ3n) is 3.81. The van der Waals surface area contributed by atoms with Crippen molar-refractivity contribution < 1.29 is 14.7 Å². The summed E-state index contributed by atoms with van der Waals surface area (Å²) in [6, 6.07) is 6.38. The lowest BCUT2D eigenvalue weighted by atomic mass is 9.94. The molecule has 0 aliphatic carbocycles. The minimum absolute atomic E-state index is 0.0882. The zero-order valence-corrected chi connectivity index (χ0v) is 13.5. The fraction of sp³-hybridized carbons (Fsp3) is 0.529. The number of hydrogen-bond donors (Lipinski definition) is 1. The first-order valence-corrected chi connectivity index (χ1v) is 7.67. The quantitative estimate of drug-likeness (QED) is 0.864.